The van der Waals surface area contributed by atoms with Crippen LogP contribution in [0.15, 0.2) is 24.4 Å². The van der Waals surface area contributed by atoms with E-state index in [1.54, 1.807) is 6.20 Å². The van der Waals surface area contributed by atoms with Crippen LogP contribution in [0.25, 0.3) is 0 Å². The van der Waals surface area contributed by atoms with Gasteiger partial charge < -0.3 is 15.2 Å². The molecule has 0 spiro atoms. The Balaban J connectivity index is 1.83. The Kier molecular flexibility index (Phi) is 4.91. The third-order valence-corrected chi connectivity index (χ3v) is 2.99. The highest BCUT2D eigenvalue weighted by molar-refractivity contribution is 5.07. The average Bonchev–Trinajstić information content (AvgIpc) is 2.42. The summed E-state index contributed by atoms with van der Waals surface area (Å²) < 4.78 is 11.4. The molecule has 94 valence electrons. The predicted octanol–water partition coefficient (Wildman–Crippen LogP) is 1.67. The number of hydrogen-bond donors (Lipinski definition) is 1. The number of ether oxygens (including phenoxy) is 2. The first-order valence-electron chi connectivity index (χ1n) is 6.24. The predicted molar refractivity (Wildman–Crippen MR) is 65.6 cm³/mol. The fourth-order valence-electron chi connectivity index (χ4n) is 2.00. The van der Waals surface area contributed by atoms with Crippen LogP contribution in [-0.4, -0.2) is 30.8 Å². The first-order valence-corrected chi connectivity index (χ1v) is 6.24. The Hall–Kier alpha value is -0.970. The molecule has 2 rings (SSSR count). The van der Waals surface area contributed by atoms with Crippen molar-refractivity contribution in [2.45, 2.75) is 31.5 Å². The molecule has 0 aromatic carbocycles. The molecule has 0 bridgehead atoms. The standard InChI is InChI=1S/C13H20N2O2/c14-9-13(12-6-1-3-7-15-12)17-10-11-5-2-4-8-16-11/h1,3,6-7,11,13H,2,4-5,8-10,14H2. The lowest BCUT2D eigenvalue weighted by atomic mass is 10.1. The molecule has 1 aromatic heterocycles. The largest absolute Gasteiger partial charge is 0.376 e. The summed E-state index contributed by atoms with van der Waals surface area (Å²) in [7, 11) is 0. The Bertz CT molecular complexity index is 312. The van der Waals surface area contributed by atoms with E-state index < -0.39 is 0 Å². The van der Waals surface area contributed by atoms with Crippen LogP contribution < -0.4 is 5.73 Å². The molecule has 1 saturated heterocycles. The van der Waals surface area contributed by atoms with Gasteiger partial charge in [0.15, 0.2) is 0 Å². The molecule has 1 fully saturated rings. The topological polar surface area (TPSA) is 57.4 Å². The summed E-state index contributed by atoms with van der Waals surface area (Å²) in [5, 5.41) is 0. The van der Waals surface area contributed by atoms with Crippen molar-refractivity contribution in [3.8, 4) is 0 Å². The zero-order valence-electron chi connectivity index (χ0n) is 10.0. The van der Waals surface area contributed by atoms with Gasteiger partial charge in [-0.05, 0) is 31.4 Å². The van der Waals surface area contributed by atoms with E-state index in [0.29, 0.717) is 13.2 Å². The SMILES string of the molecule is NCC(OCC1CCCCO1)c1ccccn1. The van der Waals surface area contributed by atoms with Gasteiger partial charge >= 0.3 is 0 Å². The second-order valence-corrected chi connectivity index (χ2v) is 4.30. The molecule has 0 radical (unpaired) electrons. The minimum atomic E-state index is -0.123. The van der Waals surface area contributed by atoms with Gasteiger partial charge in [0, 0.05) is 19.3 Å². The van der Waals surface area contributed by atoms with Crippen molar-refractivity contribution in [2.75, 3.05) is 19.8 Å². The third-order valence-electron chi connectivity index (χ3n) is 2.99. The summed E-state index contributed by atoms with van der Waals surface area (Å²) in [4.78, 5) is 4.27. The number of hydrogen-bond acceptors (Lipinski definition) is 4. The van der Waals surface area contributed by atoms with Crippen molar-refractivity contribution >= 4 is 0 Å². The summed E-state index contributed by atoms with van der Waals surface area (Å²) in [6.45, 7) is 1.91. The first-order chi connectivity index (χ1) is 8.40. The maximum Gasteiger partial charge on any atom is 0.112 e. The number of pyridine rings is 1. The maximum atomic E-state index is 5.80. The summed E-state index contributed by atoms with van der Waals surface area (Å²) in [6, 6.07) is 5.78. The molecule has 0 amide bonds. The summed E-state index contributed by atoms with van der Waals surface area (Å²) in [5.41, 5.74) is 6.61. The lowest BCUT2D eigenvalue weighted by molar-refractivity contribution is -0.0626. The van der Waals surface area contributed by atoms with Crippen LogP contribution in [0.5, 0.6) is 0 Å². The molecular formula is C13H20N2O2. The Morgan fingerprint density at radius 1 is 1.47 bits per heavy atom. The fourth-order valence-corrected chi connectivity index (χ4v) is 2.00. The molecule has 17 heavy (non-hydrogen) atoms. The van der Waals surface area contributed by atoms with Gasteiger partial charge in [0.1, 0.15) is 6.10 Å². The van der Waals surface area contributed by atoms with E-state index in [-0.39, 0.29) is 12.2 Å². The molecule has 1 aliphatic heterocycles. The van der Waals surface area contributed by atoms with E-state index in [0.717, 1.165) is 25.1 Å². The molecule has 1 aliphatic rings. The highest BCUT2D eigenvalue weighted by Gasteiger charge is 2.17. The number of nitrogens with two attached hydrogens (primary N) is 1. The highest BCUT2D eigenvalue weighted by atomic mass is 16.5. The van der Waals surface area contributed by atoms with E-state index in [2.05, 4.69) is 4.98 Å². The second kappa shape index (κ2) is 6.69. The Labute approximate surface area is 102 Å². The first kappa shape index (κ1) is 12.5. The normalized spacial score (nSPS) is 22.3. The van der Waals surface area contributed by atoms with E-state index in [9.17, 15) is 0 Å². The van der Waals surface area contributed by atoms with Crippen LogP contribution in [0, 0.1) is 0 Å². The van der Waals surface area contributed by atoms with E-state index in [1.165, 1.54) is 6.42 Å². The molecule has 4 nitrogen and oxygen atoms in total. The molecule has 2 N–H and O–H groups in total. The second-order valence-electron chi connectivity index (χ2n) is 4.30. The van der Waals surface area contributed by atoms with Gasteiger partial charge in [-0.2, -0.15) is 0 Å². The van der Waals surface area contributed by atoms with Crippen molar-refractivity contribution in [3.05, 3.63) is 30.1 Å². The Morgan fingerprint density at radius 2 is 2.41 bits per heavy atom. The maximum absolute atomic E-state index is 5.80. The van der Waals surface area contributed by atoms with Gasteiger partial charge in [-0.3, -0.25) is 4.98 Å². The van der Waals surface area contributed by atoms with Crippen molar-refractivity contribution in [1.29, 1.82) is 0 Å². The number of nitrogens with zero attached hydrogens (tertiary/aromatic N) is 1. The number of aromatic nitrogens is 1. The molecule has 1 aromatic rings. The van der Waals surface area contributed by atoms with Crippen molar-refractivity contribution < 1.29 is 9.47 Å². The van der Waals surface area contributed by atoms with Gasteiger partial charge in [-0.15, -0.1) is 0 Å². The van der Waals surface area contributed by atoms with Crippen LogP contribution in [0.2, 0.25) is 0 Å². The van der Waals surface area contributed by atoms with Crippen LogP contribution in [0.4, 0.5) is 0 Å². The third kappa shape index (κ3) is 3.77. The minimum Gasteiger partial charge on any atom is -0.376 e. The smallest absolute Gasteiger partial charge is 0.112 e. The van der Waals surface area contributed by atoms with Gasteiger partial charge in [0.25, 0.3) is 0 Å². The highest BCUT2D eigenvalue weighted by Crippen LogP contribution is 2.17. The molecule has 2 unspecified atom stereocenters. The Morgan fingerprint density at radius 3 is 3.06 bits per heavy atom. The summed E-state index contributed by atoms with van der Waals surface area (Å²) >= 11 is 0. The van der Waals surface area contributed by atoms with E-state index >= 15 is 0 Å². The average molecular weight is 236 g/mol. The van der Waals surface area contributed by atoms with Gasteiger partial charge in [0.05, 0.1) is 18.4 Å². The monoisotopic (exact) mass is 236 g/mol. The molecular weight excluding hydrogens is 216 g/mol. The van der Waals surface area contributed by atoms with Crippen molar-refractivity contribution in [2.24, 2.45) is 5.73 Å². The van der Waals surface area contributed by atoms with Crippen LogP contribution in [0.3, 0.4) is 0 Å². The van der Waals surface area contributed by atoms with E-state index in [4.69, 9.17) is 15.2 Å². The zero-order valence-corrected chi connectivity index (χ0v) is 10.0. The quantitative estimate of drug-likeness (QED) is 0.845. The fraction of sp³-hybridized carbons (Fsp3) is 0.615. The minimum absolute atomic E-state index is 0.123. The van der Waals surface area contributed by atoms with Gasteiger partial charge in [-0.25, -0.2) is 0 Å². The van der Waals surface area contributed by atoms with Crippen molar-refractivity contribution in [3.63, 3.8) is 0 Å². The van der Waals surface area contributed by atoms with Crippen LogP contribution >= 0.6 is 0 Å². The zero-order chi connectivity index (χ0) is 11.9. The van der Waals surface area contributed by atoms with Crippen LogP contribution in [-0.2, 0) is 9.47 Å². The molecule has 0 saturated carbocycles. The lowest BCUT2D eigenvalue weighted by Crippen LogP contribution is -2.27. The van der Waals surface area contributed by atoms with Gasteiger partial charge in [0.2, 0.25) is 0 Å². The van der Waals surface area contributed by atoms with E-state index in [1.807, 2.05) is 18.2 Å². The number of rotatable bonds is 5. The van der Waals surface area contributed by atoms with Crippen molar-refractivity contribution in [1.82, 2.24) is 4.98 Å². The molecule has 2 heterocycles. The van der Waals surface area contributed by atoms with Crippen LogP contribution in [0.1, 0.15) is 31.1 Å². The van der Waals surface area contributed by atoms with Gasteiger partial charge in [-0.1, -0.05) is 6.07 Å². The lowest BCUT2D eigenvalue weighted by Gasteiger charge is -2.24. The molecule has 4 heteroatoms. The molecule has 0 aliphatic carbocycles. The summed E-state index contributed by atoms with van der Waals surface area (Å²) in [6.07, 6.45) is 5.34. The molecule has 2 atom stereocenters. The summed E-state index contributed by atoms with van der Waals surface area (Å²) in [5.74, 6) is 0.